The summed E-state index contributed by atoms with van der Waals surface area (Å²) in [6.07, 6.45) is 3.40. The standard InChI is InChI=1S/C15H18N3O4/c1-15(2,19)10-5-11(6-10)17-8-9-4-13(18(20)21)14(22-3)7-12(9)16-17/h4,7-8,10-11,19H,1,5-6H2,2-3H3. The van der Waals surface area contributed by atoms with Crippen LogP contribution in [-0.4, -0.2) is 32.5 Å². The Morgan fingerprint density at radius 3 is 2.77 bits per heavy atom. The molecule has 0 bridgehead atoms. The number of aliphatic hydroxyl groups is 1. The van der Waals surface area contributed by atoms with Crippen molar-refractivity contribution in [1.29, 1.82) is 0 Å². The second kappa shape index (κ2) is 4.95. The van der Waals surface area contributed by atoms with Crippen molar-refractivity contribution in [1.82, 2.24) is 9.78 Å². The molecule has 1 radical (unpaired) electrons. The maximum absolute atomic E-state index is 11.0. The van der Waals surface area contributed by atoms with Crippen LogP contribution >= 0.6 is 0 Å². The molecule has 7 nitrogen and oxygen atoms in total. The molecule has 0 saturated heterocycles. The summed E-state index contributed by atoms with van der Waals surface area (Å²) in [5.41, 5.74) is -0.334. The molecule has 22 heavy (non-hydrogen) atoms. The van der Waals surface area contributed by atoms with Crippen molar-refractivity contribution in [2.24, 2.45) is 5.92 Å². The largest absolute Gasteiger partial charge is 0.490 e. The van der Waals surface area contributed by atoms with E-state index in [-0.39, 0.29) is 23.4 Å². The molecule has 1 N–H and O–H groups in total. The molecule has 1 heterocycles. The Labute approximate surface area is 127 Å². The van der Waals surface area contributed by atoms with Gasteiger partial charge >= 0.3 is 5.69 Å². The second-order valence-corrected chi connectivity index (χ2v) is 6.13. The Balaban J connectivity index is 1.90. The van der Waals surface area contributed by atoms with Crippen molar-refractivity contribution in [3.63, 3.8) is 0 Å². The van der Waals surface area contributed by atoms with Gasteiger partial charge in [0.2, 0.25) is 0 Å². The van der Waals surface area contributed by atoms with E-state index >= 15 is 0 Å². The van der Waals surface area contributed by atoms with E-state index in [0.717, 1.165) is 12.8 Å². The topological polar surface area (TPSA) is 90.4 Å². The SMILES string of the molecule is [CH2]C(C)(O)C1CC(n2cc3cc([N+](=O)[O-])c(OC)cc3n2)C1. The van der Waals surface area contributed by atoms with Crippen LogP contribution in [0, 0.1) is 23.0 Å². The maximum atomic E-state index is 11.0. The lowest BCUT2D eigenvalue weighted by atomic mass is 9.71. The lowest BCUT2D eigenvalue weighted by Gasteiger charge is -2.42. The molecule has 7 heteroatoms. The first-order chi connectivity index (χ1) is 10.3. The van der Waals surface area contributed by atoms with Crippen molar-refractivity contribution in [3.8, 4) is 5.75 Å². The molecule has 1 aliphatic carbocycles. The first-order valence-corrected chi connectivity index (χ1v) is 7.08. The first-order valence-electron chi connectivity index (χ1n) is 7.08. The van der Waals surface area contributed by atoms with Crippen molar-refractivity contribution in [2.45, 2.75) is 31.4 Å². The lowest BCUT2D eigenvalue weighted by Crippen LogP contribution is -2.41. The number of nitrogens with zero attached hydrogens (tertiary/aromatic N) is 3. The van der Waals surface area contributed by atoms with Gasteiger partial charge < -0.3 is 9.84 Å². The number of rotatable bonds is 4. The van der Waals surface area contributed by atoms with Crippen LogP contribution < -0.4 is 4.74 Å². The highest BCUT2D eigenvalue weighted by Gasteiger charge is 2.40. The third-order valence-corrected chi connectivity index (χ3v) is 4.39. The molecule has 1 atom stereocenters. The molecule has 0 aliphatic heterocycles. The molecule has 0 amide bonds. The molecule has 1 aromatic carbocycles. The molecule has 117 valence electrons. The zero-order valence-corrected chi connectivity index (χ0v) is 12.5. The molecule has 1 saturated carbocycles. The van der Waals surface area contributed by atoms with Crippen molar-refractivity contribution in [3.05, 3.63) is 35.4 Å². The number of aromatic nitrogens is 2. The summed E-state index contributed by atoms with van der Waals surface area (Å²) in [7, 11) is 1.40. The van der Waals surface area contributed by atoms with Crippen LogP contribution in [0.4, 0.5) is 5.69 Å². The van der Waals surface area contributed by atoms with Crippen LogP contribution in [0.2, 0.25) is 0 Å². The van der Waals surface area contributed by atoms with E-state index < -0.39 is 10.5 Å². The highest BCUT2D eigenvalue weighted by atomic mass is 16.6. The smallest absolute Gasteiger partial charge is 0.311 e. The maximum Gasteiger partial charge on any atom is 0.311 e. The fraction of sp³-hybridized carbons (Fsp3) is 0.467. The van der Waals surface area contributed by atoms with E-state index in [1.165, 1.54) is 13.2 Å². The van der Waals surface area contributed by atoms with Gasteiger partial charge in [-0.1, -0.05) is 0 Å². The summed E-state index contributed by atoms with van der Waals surface area (Å²) in [6, 6.07) is 3.25. The first kappa shape index (κ1) is 14.8. The predicted octanol–water partition coefficient (Wildman–Crippen LogP) is 2.49. The van der Waals surface area contributed by atoms with E-state index in [0.29, 0.717) is 10.9 Å². The van der Waals surface area contributed by atoms with Crippen molar-refractivity contribution in [2.75, 3.05) is 7.11 Å². The van der Waals surface area contributed by atoms with Gasteiger partial charge in [-0.25, -0.2) is 0 Å². The van der Waals surface area contributed by atoms with E-state index in [4.69, 9.17) is 4.74 Å². The van der Waals surface area contributed by atoms with Crippen LogP contribution in [-0.2, 0) is 0 Å². The third-order valence-electron chi connectivity index (χ3n) is 4.39. The number of ether oxygens (including phenoxy) is 1. The van der Waals surface area contributed by atoms with Gasteiger partial charge in [0, 0.05) is 23.7 Å². The number of nitro groups is 1. The van der Waals surface area contributed by atoms with Gasteiger partial charge in [0.05, 0.1) is 29.2 Å². The summed E-state index contributed by atoms with van der Waals surface area (Å²) in [5.74, 6) is 0.351. The molecule has 3 rings (SSSR count). The second-order valence-electron chi connectivity index (χ2n) is 6.13. The van der Waals surface area contributed by atoms with Gasteiger partial charge in [-0.15, -0.1) is 0 Å². The Hall–Kier alpha value is -2.15. The number of methoxy groups -OCH3 is 1. The summed E-state index contributed by atoms with van der Waals surface area (Å²) >= 11 is 0. The molecule has 1 unspecified atom stereocenters. The average molecular weight is 304 g/mol. The zero-order chi connectivity index (χ0) is 16.1. The minimum absolute atomic E-state index is 0.0678. The van der Waals surface area contributed by atoms with Gasteiger partial charge in [-0.3, -0.25) is 14.8 Å². The van der Waals surface area contributed by atoms with Gasteiger partial charge in [0.15, 0.2) is 5.75 Å². The van der Waals surface area contributed by atoms with Crippen molar-refractivity contribution >= 4 is 16.6 Å². The molecule has 1 aliphatic rings. The minimum atomic E-state index is -0.926. The van der Waals surface area contributed by atoms with Gasteiger partial charge in [-0.05, 0) is 32.6 Å². The molecule has 1 fully saturated rings. The average Bonchev–Trinajstić information content (AvgIpc) is 2.75. The summed E-state index contributed by atoms with van der Waals surface area (Å²) in [6.45, 7) is 5.46. The fourth-order valence-electron chi connectivity index (χ4n) is 2.86. The molecule has 2 aromatic rings. The zero-order valence-electron chi connectivity index (χ0n) is 12.5. The Morgan fingerprint density at radius 1 is 1.55 bits per heavy atom. The Morgan fingerprint density at radius 2 is 2.23 bits per heavy atom. The minimum Gasteiger partial charge on any atom is -0.490 e. The summed E-state index contributed by atoms with van der Waals surface area (Å²) in [4.78, 5) is 10.6. The number of hydrogen-bond donors (Lipinski definition) is 1. The normalized spacial score (nSPS) is 21.6. The highest BCUT2D eigenvalue weighted by Crippen LogP contribution is 2.44. The van der Waals surface area contributed by atoms with Crippen LogP contribution in [0.15, 0.2) is 18.3 Å². The van der Waals surface area contributed by atoms with Gasteiger partial charge in [0.1, 0.15) is 0 Å². The van der Waals surface area contributed by atoms with Gasteiger partial charge in [0.25, 0.3) is 0 Å². The van der Waals surface area contributed by atoms with Crippen molar-refractivity contribution < 1.29 is 14.8 Å². The molecule has 0 spiro atoms. The van der Waals surface area contributed by atoms with E-state index in [9.17, 15) is 15.2 Å². The number of benzene rings is 1. The van der Waals surface area contributed by atoms with Crippen LogP contribution in [0.3, 0.4) is 0 Å². The van der Waals surface area contributed by atoms with Crippen LogP contribution in [0.5, 0.6) is 5.75 Å². The summed E-state index contributed by atoms with van der Waals surface area (Å²) < 4.78 is 6.87. The number of hydrogen-bond acceptors (Lipinski definition) is 5. The molecule has 1 aromatic heterocycles. The third kappa shape index (κ3) is 2.41. The number of fused-ring (bicyclic) bond motifs is 1. The van der Waals surface area contributed by atoms with E-state index in [1.807, 2.05) is 4.68 Å². The fourth-order valence-corrected chi connectivity index (χ4v) is 2.86. The van der Waals surface area contributed by atoms with Gasteiger partial charge in [-0.2, -0.15) is 5.10 Å². The van der Waals surface area contributed by atoms with E-state index in [1.54, 1.807) is 19.2 Å². The van der Waals surface area contributed by atoms with Crippen LogP contribution in [0.1, 0.15) is 25.8 Å². The predicted molar refractivity (Wildman–Crippen MR) is 80.7 cm³/mol. The molecular weight excluding hydrogens is 286 g/mol. The van der Waals surface area contributed by atoms with E-state index in [2.05, 4.69) is 12.0 Å². The summed E-state index contributed by atoms with van der Waals surface area (Å²) in [5, 5.41) is 26.1. The molecular formula is C15H18N3O4. The number of nitro benzene ring substituents is 1. The monoisotopic (exact) mass is 304 g/mol. The quantitative estimate of drug-likeness (QED) is 0.692. The van der Waals surface area contributed by atoms with Crippen LogP contribution in [0.25, 0.3) is 10.9 Å². The highest BCUT2D eigenvalue weighted by molar-refractivity contribution is 5.83. The Kier molecular flexibility index (Phi) is 3.32. The Bertz CT molecular complexity index is 726. The lowest BCUT2D eigenvalue weighted by molar-refractivity contribution is -0.385.